The Hall–Kier alpha value is -2.10. The summed E-state index contributed by atoms with van der Waals surface area (Å²) in [4.78, 5) is 23.5. The number of furan rings is 1. The van der Waals surface area contributed by atoms with Gasteiger partial charge in [-0.3, -0.25) is 4.79 Å². The lowest BCUT2D eigenvalue weighted by atomic mass is 10.0. The fourth-order valence-corrected chi connectivity index (χ4v) is 1.92. The lowest BCUT2D eigenvalue weighted by Crippen LogP contribution is -2.17. The number of benzene rings is 1. The van der Waals surface area contributed by atoms with Gasteiger partial charge in [-0.25, -0.2) is 4.79 Å². The highest BCUT2D eigenvalue weighted by molar-refractivity contribution is 6.43. The molecule has 0 radical (unpaired) electrons. The van der Waals surface area contributed by atoms with Gasteiger partial charge in [0.1, 0.15) is 11.3 Å². The first kappa shape index (κ1) is 12.4. The van der Waals surface area contributed by atoms with E-state index in [9.17, 15) is 9.59 Å². The summed E-state index contributed by atoms with van der Waals surface area (Å²) in [7, 11) is 0. The number of carbonyl (C=O) groups is 2. The van der Waals surface area contributed by atoms with Crippen LogP contribution in [0.4, 0.5) is 0 Å². The third kappa shape index (κ3) is 1.90. The van der Waals surface area contributed by atoms with Crippen LogP contribution in [0.1, 0.15) is 28.6 Å². The number of rotatable bonds is 3. The van der Waals surface area contributed by atoms with Crippen LogP contribution in [-0.4, -0.2) is 18.4 Å². The van der Waals surface area contributed by atoms with Gasteiger partial charge in [-0.05, 0) is 38.5 Å². The summed E-state index contributed by atoms with van der Waals surface area (Å²) in [5.74, 6) is -0.719. The van der Waals surface area contributed by atoms with E-state index in [1.807, 2.05) is 13.8 Å². The molecule has 1 aromatic heterocycles. The number of fused-ring (bicyclic) bond motifs is 1. The van der Waals surface area contributed by atoms with Gasteiger partial charge in [0.05, 0.1) is 6.61 Å². The van der Waals surface area contributed by atoms with Crippen molar-refractivity contribution >= 4 is 22.7 Å². The van der Waals surface area contributed by atoms with Gasteiger partial charge in [0.15, 0.2) is 0 Å². The fraction of sp³-hybridized carbons (Fsp3) is 0.286. The molecule has 0 saturated carbocycles. The minimum atomic E-state index is -0.830. The van der Waals surface area contributed by atoms with Gasteiger partial charge in [-0.15, -0.1) is 0 Å². The quantitative estimate of drug-likeness (QED) is 0.474. The van der Waals surface area contributed by atoms with Crippen molar-refractivity contribution < 1.29 is 18.7 Å². The highest BCUT2D eigenvalue weighted by Crippen LogP contribution is 2.28. The Bertz CT molecular complexity index is 622. The van der Waals surface area contributed by atoms with Crippen LogP contribution in [0, 0.1) is 13.8 Å². The first-order valence-electron chi connectivity index (χ1n) is 5.76. The maximum Gasteiger partial charge on any atom is 0.379 e. The predicted octanol–water partition coefficient (Wildman–Crippen LogP) is 2.80. The summed E-state index contributed by atoms with van der Waals surface area (Å²) >= 11 is 0. The normalized spacial score (nSPS) is 10.6. The lowest BCUT2D eigenvalue weighted by molar-refractivity contribution is -0.137. The molecule has 0 spiro atoms. The highest BCUT2D eigenvalue weighted by Gasteiger charge is 2.22. The van der Waals surface area contributed by atoms with Gasteiger partial charge in [0, 0.05) is 10.9 Å². The molecule has 0 aliphatic carbocycles. The monoisotopic (exact) mass is 246 g/mol. The van der Waals surface area contributed by atoms with Crippen LogP contribution in [0.3, 0.4) is 0 Å². The van der Waals surface area contributed by atoms with Crippen molar-refractivity contribution in [1.82, 2.24) is 0 Å². The standard InChI is InChI=1S/C14H14O4/c1-4-17-14(16)13(15)10-6-5-7-11-12(10)8(2)9(3)18-11/h5-7H,4H2,1-3H3. The van der Waals surface area contributed by atoms with Gasteiger partial charge < -0.3 is 9.15 Å². The Morgan fingerprint density at radius 3 is 2.67 bits per heavy atom. The summed E-state index contributed by atoms with van der Waals surface area (Å²) in [6.07, 6.45) is 0. The summed E-state index contributed by atoms with van der Waals surface area (Å²) in [6.45, 7) is 5.54. The van der Waals surface area contributed by atoms with E-state index < -0.39 is 11.8 Å². The Labute approximate surface area is 105 Å². The van der Waals surface area contributed by atoms with Gasteiger partial charge in [-0.1, -0.05) is 6.07 Å². The molecule has 2 rings (SSSR count). The molecule has 0 N–H and O–H groups in total. The second kappa shape index (κ2) is 4.64. The number of carbonyl (C=O) groups excluding carboxylic acids is 2. The molecular formula is C14H14O4. The van der Waals surface area contributed by atoms with Gasteiger partial charge in [-0.2, -0.15) is 0 Å². The molecule has 0 atom stereocenters. The number of hydrogen-bond acceptors (Lipinski definition) is 4. The smallest absolute Gasteiger partial charge is 0.379 e. The zero-order valence-electron chi connectivity index (χ0n) is 10.6. The van der Waals surface area contributed by atoms with E-state index in [4.69, 9.17) is 9.15 Å². The van der Waals surface area contributed by atoms with Crippen molar-refractivity contribution in [2.24, 2.45) is 0 Å². The molecule has 2 aromatic rings. The van der Waals surface area contributed by atoms with Crippen LogP contribution in [0.15, 0.2) is 22.6 Å². The minimum Gasteiger partial charge on any atom is -0.461 e. The molecule has 18 heavy (non-hydrogen) atoms. The maximum absolute atomic E-state index is 12.0. The van der Waals surface area contributed by atoms with Gasteiger partial charge in [0.2, 0.25) is 0 Å². The van der Waals surface area contributed by atoms with Gasteiger partial charge >= 0.3 is 5.97 Å². The van der Waals surface area contributed by atoms with E-state index in [0.717, 1.165) is 11.3 Å². The molecule has 1 aromatic carbocycles. The van der Waals surface area contributed by atoms with Crippen LogP contribution >= 0.6 is 0 Å². The molecule has 94 valence electrons. The first-order chi connectivity index (χ1) is 8.56. The molecule has 0 aliphatic rings. The molecule has 4 heteroatoms. The largest absolute Gasteiger partial charge is 0.461 e. The fourth-order valence-electron chi connectivity index (χ4n) is 1.92. The van der Waals surface area contributed by atoms with Crippen molar-refractivity contribution in [3.8, 4) is 0 Å². The highest BCUT2D eigenvalue weighted by atomic mass is 16.5. The number of aryl methyl sites for hydroxylation is 2. The molecule has 0 fully saturated rings. The van der Waals surface area contributed by atoms with Crippen LogP contribution < -0.4 is 0 Å². The van der Waals surface area contributed by atoms with Crippen molar-refractivity contribution in [3.05, 3.63) is 35.1 Å². The van der Waals surface area contributed by atoms with Crippen molar-refractivity contribution in [2.75, 3.05) is 6.61 Å². The Morgan fingerprint density at radius 1 is 1.28 bits per heavy atom. The molecule has 0 bridgehead atoms. The number of ether oxygens (including phenoxy) is 1. The van der Waals surface area contributed by atoms with Crippen LogP contribution in [0.25, 0.3) is 11.0 Å². The first-order valence-corrected chi connectivity index (χ1v) is 5.76. The maximum atomic E-state index is 12.0. The third-order valence-corrected chi connectivity index (χ3v) is 2.90. The van der Waals surface area contributed by atoms with E-state index in [2.05, 4.69) is 0 Å². The summed E-state index contributed by atoms with van der Waals surface area (Å²) in [5, 5.41) is 0.688. The van der Waals surface area contributed by atoms with E-state index in [0.29, 0.717) is 16.5 Å². The molecule has 1 heterocycles. The second-order valence-corrected chi connectivity index (χ2v) is 4.01. The lowest BCUT2D eigenvalue weighted by Gasteiger charge is -2.02. The van der Waals surface area contributed by atoms with Crippen molar-refractivity contribution in [1.29, 1.82) is 0 Å². The van der Waals surface area contributed by atoms with Crippen LogP contribution in [0.2, 0.25) is 0 Å². The molecule has 4 nitrogen and oxygen atoms in total. The van der Waals surface area contributed by atoms with Crippen molar-refractivity contribution in [2.45, 2.75) is 20.8 Å². The number of esters is 1. The summed E-state index contributed by atoms with van der Waals surface area (Å²) in [6, 6.07) is 5.08. The van der Waals surface area contributed by atoms with E-state index in [-0.39, 0.29) is 6.61 Å². The Kier molecular flexibility index (Phi) is 3.19. The third-order valence-electron chi connectivity index (χ3n) is 2.90. The molecule has 0 saturated heterocycles. The topological polar surface area (TPSA) is 56.5 Å². The number of hydrogen-bond donors (Lipinski definition) is 0. The number of ketones is 1. The van der Waals surface area contributed by atoms with Crippen LogP contribution in [0.5, 0.6) is 0 Å². The Morgan fingerprint density at radius 2 is 2.00 bits per heavy atom. The average Bonchev–Trinajstić information content (AvgIpc) is 2.64. The minimum absolute atomic E-state index is 0.184. The second-order valence-electron chi connectivity index (χ2n) is 4.01. The average molecular weight is 246 g/mol. The van der Waals surface area contributed by atoms with E-state index in [1.165, 1.54) is 0 Å². The SMILES string of the molecule is CCOC(=O)C(=O)c1cccc2oc(C)c(C)c12. The molecule has 0 aliphatic heterocycles. The van der Waals surface area contributed by atoms with E-state index >= 15 is 0 Å². The Balaban J connectivity index is 2.57. The predicted molar refractivity (Wildman–Crippen MR) is 66.7 cm³/mol. The number of Topliss-reactive ketones (excluding diaryl/α,β-unsaturated/α-hetero) is 1. The molecule has 0 amide bonds. The zero-order chi connectivity index (χ0) is 13.3. The van der Waals surface area contributed by atoms with Gasteiger partial charge in [0.25, 0.3) is 5.78 Å². The molecular weight excluding hydrogens is 232 g/mol. The zero-order valence-corrected chi connectivity index (χ0v) is 10.6. The van der Waals surface area contributed by atoms with Crippen molar-refractivity contribution in [3.63, 3.8) is 0 Å². The van der Waals surface area contributed by atoms with Crippen LogP contribution in [-0.2, 0) is 9.53 Å². The molecule has 0 unspecified atom stereocenters. The summed E-state index contributed by atoms with van der Waals surface area (Å²) < 4.78 is 10.3. The summed E-state index contributed by atoms with van der Waals surface area (Å²) in [5.41, 5.74) is 1.82. The van der Waals surface area contributed by atoms with E-state index in [1.54, 1.807) is 25.1 Å².